The Morgan fingerprint density at radius 3 is 2.70 bits per heavy atom. The maximum absolute atomic E-state index is 12.7. The van der Waals surface area contributed by atoms with Gasteiger partial charge in [-0.05, 0) is 37.3 Å². The van der Waals surface area contributed by atoms with Crippen molar-refractivity contribution in [2.45, 2.75) is 46.1 Å². The predicted molar refractivity (Wildman–Crippen MR) is 91.7 cm³/mol. The summed E-state index contributed by atoms with van der Waals surface area (Å²) in [4.78, 5) is 12.7. The highest BCUT2D eigenvalue weighted by atomic mass is 16.1. The fraction of sp³-hybridized carbons (Fsp3) is 0.474. The molecule has 0 aliphatic heterocycles. The van der Waals surface area contributed by atoms with Crippen LogP contribution < -0.4 is 5.32 Å². The van der Waals surface area contributed by atoms with Crippen molar-refractivity contribution in [1.82, 2.24) is 15.1 Å². The number of hydrogen-bond acceptors (Lipinski definition) is 2. The average molecular weight is 311 g/mol. The first-order valence-electron chi connectivity index (χ1n) is 8.49. The van der Waals surface area contributed by atoms with Crippen LogP contribution in [0.2, 0.25) is 0 Å². The lowest BCUT2D eigenvalue weighted by molar-refractivity contribution is 0.0890. The number of benzene rings is 1. The Balaban J connectivity index is 1.77. The van der Waals surface area contributed by atoms with Crippen molar-refractivity contribution >= 4 is 5.91 Å². The van der Waals surface area contributed by atoms with Gasteiger partial charge in [0, 0.05) is 6.04 Å². The average Bonchev–Trinajstić information content (AvgIpc) is 2.94. The quantitative estimate of drug-likeness (QED) is 0.938. The Kier molecular flexibility index (Phi) is 4.51. The Morgan fingerprint density at radius 1 is 1.22 bits per heavy atom. The summed E-state index contributed by atoms with van der Waals surface area (Å²) in [5.74, 6) is 1.19. The van der Waals surface area contributed by atoms with E-state index in [4.69, 9.17) is 0 Å². The van der Waals surface area contributed by atoms with Gasteiger partial charge in [0.1, 0.15) is 0 Å². The fourth-order valence-electron chi connectivity index (χ4n) is 3.49. The first-order valence-corrected chi connectivity index (χ1v) is 8.49. The number of amides is 1. The third-order valence-electron chi connectivity index (χ3n) is 5.28. The minimum Gasteiger partial charge on any atom is -0.349 e. The summed E-state index contributed by atoms with van der Waals surface area (Å²) in [5, 5.41) is 7.62. The van der Waals surface area contributed by atoms with Crippen molar-refractivity contribution in [3.63, 3.8) is 0 Å². The Bertz CT molecular complexity index is 677. The van der Waals surface area contributed by atoms with E-state index in [1.165, 1.54) is 12.8 Å². The predicted octanol–water partition coefficient (Wildman–Crippen LogP) is 3.74. The molecule has 1 aromatic heterocycles. The van der Waals surface area contributed by atoms with Gasteiger partial charge in [-0.3, -0.25) is 4.79 Å². The summed E-state index contributed by atoms with van der Waals surface area (Å²) >= 11 is 0. The normalized spacial score (nSPS) is 24.4. The molecule has 2 aromatic rings. The molecule has 4 nitrogen and oxygen atoms in total. The number of aromatic nitrogens is 2. The summed E-state index contributed by atoms with van der Waals surface area (Å²) < 4.78 is 1.82. The van der Waals surface area contributed by atoms with E-state index < -0.39 is 0 Å². The molecular formula is C19H25N3O. The molecule has 1 aliphatic carbocycles. The molecule has 3 rings (SSSR count). The molecule has 23 heavy (non-hydrogen) atoms. The summed E-state index contributed by atoms with van der Waals surface area (Å²) in [5.41, 5.74) is 2.52. The van der Waals surface area contributed by atoms with Crippen LogP contribution in [0, 0.1) is 18.8 Å². The Hall–Kier alpha value is -2.10. The van der Waals surface area contributed by atoms with Gasteiger partial charge in [0.25, 0.3) is 5.91 Å². The van der Waals surface area contributed by atoms with Crippen LogP contribution in [-0.4, -0.2) is 21.7 Å². The SMILES string of the molecule is Cc1c(C(=O)NC2CCCC(C)C2C)cnn1-c1ccccc1. The van der Waals surface area contributed by atoms with Gasteiger partial charge in [-0.1, -0.05) is 44.9 Å². The van der Waals surface area contributed by atoms with E-state index in [1.807, 2.05) is 41.9 Å². The van der Waals surface area contributed by atoms with Gasteiger partial charge < -0.3 is 5.32 Å². The summed E-state index contributed by atoms with van der Waals surface area (Å²) in [6, 6.07) is 10.2. The van der Waals surface area contributed by atoms with Crippen molar-refractivity contribution < 1.29 is 4.79 Å². The molecule has 1 heterocycles. The zero-order valence-corrected chi connectivity index (χ0v) is 14.1. The molecule has 1 fully saturated rings. The van der Waals surface area contributed by atoms with E-state index in [0.717, 1.165) is 17.8 Å². The third kappa shape index (κ3) is 3.16. The van der Waals surface area contributed by atoms with Gasteiger partial charge in [0.2, 0.25) is 0 Å². The van der Waals surface area contributed by atoms with E-state index >= 15 is 0 Å². The van der Waals surface area contributed by atoms with Gasteiger partial charge in [0.05, 0.1) is 23.1 Å². The van der Waals surface area contributed by atoms with Gasteiger partial charge in [-0.2, -0.15) is 5.10 Å². The smallest absolute Gasteiger partial charge is 0.254 e. The van der Waals surface area contributed by atoms with Crippen LogP contribution >= 0.6 is 0 Å². The summed E-state index contributed by atoms with van der Waals surface area (Å²) in [6.07, 6.45) is 5.20. The monoisotopic (exact) mass is 311 g/mol. The molecular weight excluding hydrogens is 286 g/mol. The number of hydrogen-bond donors (Lipinski definition) is 1. The number of nitrogens with zero attached hydrogens (tertiary/aromatic N) is 2. The summed E-state index contributed by atoms with van der Waals surface area (Å²) in [6.45, 7) is 6.47. The second-order valence-electron chi connectivity index (χ2n) is 6.74. The highest BCUT2D eigenvalue weighted by Crippen LogP contribution is 2.29. The first-order chi connectivity index (χ1) is 11.1. The fourth-order valence-corrected chi connectivity index (χ4v) is 3.49. The van der Waals surface area contributed by atoms with Crippen LogP contribution in [0.1, 0.15) is 49.2 Å². The molecule has 0 radical (unpaired) electrons. The van der Waals surface area contributed by atoms with Gasteiger partial charge in [0.15, 0.2) is 0 Å². The highest BCUT2D eigenvalue weighted by molar-refractivity contribution is 5.95. The van der Waals surface area contributed by atoms with Crippen LogP contribution in [0.3, 0.4) is 0 Å². The minimum absolute atomic E-state index is 0.00405. The third-order valence-corrected chi connectivity index (χ3v) is 5.28. The van der Waals surface area contributed by atoms with Crippen molar-refractivity contribution in [3.05, 3.63) is 47.8 Å². The van der Waals surface area contributed by atoms with Gasteiger partial charge in [-0.25, -0.2) is 4.68 Å². The molecule has 1 aromatic carbocycles. The molecule has 3 atom stereocenters. The van der Waals surface area contributed by atoms with Crippen LogP contribution in [0.25, 0.3) is 5.69 Å². The molecule has 122 valence electrons. The largest absolute Gasteiger partial charge is 0.349 e. The molecule has 1 saturated carbocycles. The minimum atomic E-state index is -0.00405. The zero-order valence-electron chi connectivity index (χ0n) is 14.1. The van der Waals surface area contributed by atoms with E-state index in [1.54, 1.807) is 6.20 Å². The summed E-state index contributed by atoms with van der Waals surface area (Å²) in [7, 11) is 0. The standard InChI is InChI=1S/C19H25N3O/c1-13-8-7-11-18(14(13)2)21-19(23)17-12-20-22(15(17)3)16-9-5-4-6-10-16/h4-6,9-10,12-14,18H,7-8,11H2,1-3H3,(H,21,23). The maximum Gasteiger partial charge on any atom is 0.254 e. The van der Waals surface area contributed by atoms with E-state index in [-0.39, 0.29) is 11.9 Å². The topological polar surface area (TPSA) is 46.9 Å². The number of carbonyl (C=O) groups is 1. The number of rotatable bonds is 3. The van der Waals surface area contributed by atoms with Crippen molar-refractivity contribution in [2.24, 2.45) is 11.8 Å². The van der Waals surface area contributed by atoms with Crippen molar-refractivity contribution in [3.8, 4) is 5.69 Å². The molecule has 3 unspecified atom stereocenters. The molecule has 0 bridgehead atoms. The molecule has 1 aliphatic rings. The number of para-hydroxylation sites is 1. The highest BCUT2D eigenvalue weighted by Gasteiger charge is 2.29. The van der Waals surface area contributed by atoms with E-state index in [9.17, 15) is 4.79 Å². The molecule has 0 spiro atoms. The van der Waals surface area contributed by atoms with E-state index in [2.05, 4.69) is 24.3 Å². The van der Waals surface area contributed by atoms with Crippen LogP contribution in [0.15, 0.2) is 36.5 Å². The van der Waals surface area contributed by atoms with Crippen LogP contribution in [-0.2, 0) is 0 Å². The molecule has 4 heteroatoms. The zero-order chi connectivity index (χ0) is 16.4. The second-order valence-corrected chi connectivity index (χ2v) is 6.74. The maximum atomic E-state index is 12.7. The van der Waals surface area contributed by atoms with Crippen LogP contribution in [0.4, 0.5) is 0 Å². The molecule has 1 N–H and O–H groups in total. The lowest BCUT2D eigenvalue weighted by atomic mass is 9.78. The van der Waals surface area contributed by atoms with Gasteiger partial charge in [-0.15, -0.1) is 0 Å². The van der Waals surface area contributed by atoms with E-state index in [0.29, 0.717) is 17.4 Å². The Labute approximate surface area is 137 Å². The van der Waals surface area contributed by atoms with Crippen LogP contribution in [0.5, 0.6) is 0 Å². The lowest BCUT2D eigenvalue weighted by Crippen LogP contribution is -2.43. The first kappa shape index (κ1) is 15.8. The molecule has 1 amide bonds. The molecule has 0 saturated heterocycles. The Morgan fingerprint density at radius 2 is 1.96 bits per heavy atom. The lowest BCUT2D eigenvalue weighted by Gasteiger charge is -2.34. The number of nitrogens with one attached hydrogen (secondary N) is 1. The number of carbonyl (C=O) groups excluding carboxylic acids is 1. The van der Waals surface area contributed by atoms with Crippen molar-refractivity contribution in [2.75, 3.05) is 0 Å². The second kappa shape index (κ2) is 6.57. The van der Waals surface area contributed by atoms with Gasteiger partial charge >= 0.3 is 0 Å². The van der Waals surface area contributed by atoms with Crippen molar-refractivity contribution in [1.29, 1.82) is 0 Å².